The molecular weight excluding hydrogens is 306 g/mol. The molecule has 0 radical (unpaired) electrons. The van der Waals surface area contributed by atoms with E-state index in [0.29, 0.717) is 11.3 Å². The highest BCUT2D eigenvalue weighted by atomic mass is 16.6. The number of anilines is 2. The van der Waals surface area contributed by atoms with Gasteiger partial charge in [0.15, 0.2) is 0 Å². The topological polar surface area (TPSA) is 75.5 Å². The molecule has 24 heavy (non-hydrogen) atoms. The normalized spacial score (nSPS) is 10.5. The van der Waals surface area contributed by atoms with Crippen molar-refractivity contribution in [2.45, 2.75) is 26.8 Å². The summed E-state index contributed by atoms with van der Waals surface area (Å²) in [7, 11) is 0. The smallest absolute Gasteiger partial charge is 0.274 e. The lowest BCUT2D eigenvalue weighted by Gasteiger charge is -2.27. The monoisotopic (exact) mass is 327 g/mol. The molecule has 2 aromatic rings. The molecule has 0 bridgehead atoms. The van der Waals surface area contributed by atoms with E-state index < -0.39 is 4.92 Å². The minimum Gasteiger partial charge on any atom is -0.376 e. The number of benzene rings is 2. The number of rotatable bonds is 6. The summed E-state index contributed by atoms with van der Waals surface area (Å²) in [5, 5.41) is 14.0. The van der Waals surface area contributed by atoms with E-state index in [1.54, 1.807) is 24.0 Å². The number of para-hydroxylation sites is 1. The van der Waals surface area contributed by atoms with Gasteiger partial charge in [-0.15, -0.1) is 0 Å². The first kappa shape index (κ1) is 17.5. The Morgan fingerprint density at radius 3 is 2.42 bits per heavy atom. The summed E-state index contributed by atoms with van der Waals surface area (Å²) < 4.78 is 0. The number of nitro groups is 1. The number of carbonyl (C=O) groups is 1. The van der Waals surface area contributed by atoms with E-state index >= 15 is 0 Å². The first-order valence-corrected chi connectivity index (χ1v) is 7.76. The van der Waals surface area contributed by atoms with Crippen LogP contribution in [-0.4, -0.2) is 23.4 Å². The van der Waals surface area contributed by atoms with Crippen LogP contribution in [0.1, 0.15) is 19.4 Å². The van der Waals surface area contributed by atoms with Crippen LogP contribution >= 0.6 is 0 Å². The molecule has 0 spiro atoms. The maximum atomic E-state index is 12.6. The summed E-state index contributed by atoms with van der Waals surface area (Å²) >= 11 is 0. The van der Waals surface area contributed by atoms with Crippen LogP contribution in [0.5, 0.6) is 0 Å². The van der Waals surface area contributed by atoms with Crippen molar-refractivity contribution in [1.29, 1.82) is 0 Å². The first-order chi connectivity index (χ1) is 11.4. The Kier molecular flexibility index (Phi) is 5.52. The number of hydrogen-bond acceptors (Lipinski definition) is 4. The van der Waals surface area contributed by atoms with Crippen LogP contribution in [0.15, 0.2) is 48.5 Å². The fraction of sp³-hybridized carbons (Fsp3) is 0.278. The van der Waals surface area contributed by atoms with Gasteiger partial charge in [0.1, 0.15) is 0 Å². The Labute approximate surface area is 141 Å². The number of carbonyl (C=O) groups excluding carboxylic acids is 1. The van der Waals surface area contributed by atoms with E-state index in [2.05, 4.69) is 5.32 Å². The quantitative estimate of drug-likeness (QED) is 0.647. The van der Waals surface area contributed by atoms with Crippen molar-refractivity contribution in [2.24, 2.45) is 0 Å². The van der Waals surface area contributed by atoms with E-state index in [-0.39, 0.29) is 24.2 Å². The third kappa shape index (κ3) is 3.90. The predicted octanol–water partition coefficient (Wildman–Crippen LogP) is 3.76. The highest BCUT2D eigenvalue weighted by molar-refractivity contribution is 5.96. The zero-order chi connectivity index (χ0) is 17.7. The molecular formula is C18H21N3O3. The molecule has 2 rings (SSSR count). The van der Waals surface area contributed by atoms with Gasteiger partial charge in [-0.25, -0.2) is 0 Å². The van der Waals surface area contributed by atoms with Crippen LogP contribution < -0.4 is 10.2 Å². The lowest BCUT2D eigenvalue weighted by atomic mass is 10.1. The lowest BCUT2D eigenvalue weighted by molar-refractivity contribution is -0.385. The van der Waals surface area contributed by atoms with Gasteiger partial charge in [-0.3, -0.25) is 14.9 Å². The molecule has 6 heteroatoms. The standard InChI is InChI=1S/C18H21N3O3/c1-13(2)20(15-8-5-4-6-9-15)18(22)12-19-16-10-7-11-17(14(16)3)21(23)24/h4-11,13,19H,12H2,1-3H3. The van der Waals surface area contributed by atoms with Gasteiger partial charge >= 0.3 is 0 Å². The van der Waals surface area contributed by atoms with E-state index in [4.69, 9.17) is 0 Å². The summed E-state index contributed by atoms with van der Waals surface area (Å²) in [6, 6.07) is 14.2. The van der Waals surface area contributed by atoms with Crippen LogP contribution in [0.2, 0.25) is 0 Å². The Balaban J connectivity index is 2.15. The lowest BCUT2D eigenvalue weighted by Crippen LogP contribution is -2.40. The number of nitro benzene ring substituents is 1. The minimum atomic E-state index is -0.424. The van der Waals surface area contributed by atoms with E-state index in [0.717, 1.165) is 5.69 Å². The molecule has 0 unspecified atom stereocenters. The molecule has 6 nitrogen and oxygen atoms in total. The maximum Gasteiger partial charge on any atom is 0.274 e. The van der Waals surface area contributed by atoms with Gasteiger partial charge in [0, 0.05) is 29.0 Å². The van der Waals surface area contributed by atoms with Crippen molar-refractivity contribution in [3.8, 4) is 0 Å². The van der Waals surface area contributed by atoms with Crippen molar-refractivity contribution in [3.05, 3.63) is 64.2 Å². The van der Waals surface area contributed by atoms with Crippen LogP contribution in [0.3, 0.4) is 0 Å². The van der Waals surface area contributed by atoms with Gasteiger partial charge in [-0.2, -0.15) is 0 Å². The molecule has 0 atom stereocenters. The first-order valence-electron chi connectivity index (χ1n) is 7.76. The van der Waals surface area contributed by atoms with Crippen molar-refractivity contribution in [3.63, 3.8) is 0 Å². The Bertz CT molecular complexity index is 730. The fourth-order valence-corrected chi connectivity index (χ4v) is 2.59. The second kappa shape index (κ2) is 7.59. The molecule has 0 aliphatic carbocycles. The van der Waals surface area contributed by atoms with Gasteiger partial charge in [-0.1, -0.05) is 24.3 Å². The summed E-state index contributed by atoms with van der Waals surface area (Å²) in [6.45, 7) is 5.63. The van der Waals surface area contributed by atoms with Gasteiger partial charge in [0.25, 0.3) is 5.69 Å². The van der Waals surface area contributed by atoms with Gasteiger partial charge < -0.3 is 10.2 Å². The van der Waals surface area contributed by atoms with Gasteiger partial charge in [-0.05, 0) is 39.0 Å². The molecule has 1 amide bonds. The second-order valence-corrected chi connectivity index (χ2v) is 5.75. The summed E-state index contributed by atoms with van der Waals surface area (Å²) in [5.41, 5.74) is 1.98. The zero-order valence-corrected chi connectivity index (χ0v) is 14.0. The van der Waals surface area contributed by atoms with E-state index in [1.807, 2.05) is 44.2 Å². The Morgan fingerprint density at radius 2 is 1.83 bits per heavy atom. The number of amides is 1. The molecule has 0 aliphatic heterocycles. The molecule has 0 fully saturated rings. The average molecular weight is 327 g/mol. The third-order valence-corrected chi connectivity index (χ3v) is 3.75. The molecule has 2 aromatic carbocycles. The van der Waals surface area contributed by atoms with Crippen molar-refractivity contribution < 1.29 is 9.72 Å². The predicted molar refractivity (Wildman–Crippen MR) is 95.4 cm³/mol. The average Bonchev–Trinajstić information content (AvgIpc) is 2.54. The van der Waals surface area contributed by atoms with Crippen molar-refractivity contribution in [1.82, 2.24) is 0 Å². The molecule has 126 valence electrons. The highest BCUT2D eigenvalue weighted by Gasteiger charge is 2.19. The van der Waals surface area contributed by atoms with E-state index in [1.165, 1.54) is 6.07 Å². The number of nitrogens with one attached hydrogen (secondary N) is 1. The molecule has 1 N–H and O–H groups in total. The molecule has 0 heterocycles. The number of hydrogen-bond donors (Lipinski definition) is 1. The SMILES string of the molecule is Cc1c(NCC(=O)N(c2ccccc2)C(C)C)cccc1[N+](=O)[O-]. The fourth-order valence-electron chi connectivity index (χ4n) is 2.59. The maximum absolute atomic E-state index is 12.6. The Hall–Kier alpha value is -2.89. The number of nitrogens with zero attached hydrogens (tertiary/aromatic N) is 2. The second-order valence-electron chi connectivity index (χ2n) is 5.75. The van der Waals surface area contributed by atoms with Crippen LogP contribution in [-0.2, 0) is 4.79 Å². The largest absolute Gasteiger partial charge is 0.376 e. The zero-order valence-electron chi connectivity index (χ0n) is 14.0. The molecule has 0 saturated heterocycles. The molecule has 0 aromatic heterocycles. The van der Waals surface area contributed by atoms with Crippen molar-refractivity contribution >= 4 is 23.0 Å². The summed E-state index contributed by atoms with van der Waals surface area (Å²) in [5.74, 6) is -0.0953. The van der Waals surface area contributed by atoms with Crippen LogP contribution in [0, 0.1) is 17.0 Å². The molecule has 0 saturated carbocycles. The van der Waals surface area contributed by atoms with E-state index in [9.17, 15) is 14.9 Å². The summed E-state index contributed by atoms with van der Waals surface area (Å²) in [6.07, 6.45) is 0. The van der Waals surface area contributed by atoms with Crippen molar-refractivity contribution in [2.75, 3.05) is 16.8 Å². The minimum absolute atomic E-state index is 0.00732. The highest BCUT2D eigenvalue weighted by Crippen LogP contribution is 2.25. The van der Waals surface area contributed by atoms with Crippen LogP contribution in [0.25, 0.3) is 0 Å². The molecule has 0 aliphatic rings. The summed E-state index contributed by atoms with van der Waals surface area (Å²) in [4.78, 5) is 24.9. The van der Waals surface area contributed by atoms with Gasteiger partial charge in [0.05, 0.1) is 11.5 Å². The third-order valence-electron chi connectivity index (χ3n) is 3.75. The Morgan fingerprint density at radius 1 is 1.17 bits per heavy atom. The van der Waals surface area contributed by atoms with Gasteiger partial charge in [0.2, 0.25) is 5.91 Å². The van der Waals surface area contributed by atoms with Crippen LogP contribution in [0.4, 0.5) is 17.1 Å².